The predicted octanol–water partition coefficient (Wildman–Crippen LogP) is 1.84. The third-order valence-corrected chi connectivity index (χ3v) is 7.07. The van der Waals surface area contributed by atoms with E-state index in [1.54, 1.807) is 5.48 Å². The number of amides is 2. The summed E-state index contributed by atoms with van der Waals surface area (Å²) >= 11 is 0. The van der Waals surface area contributed by atoms with Gasteiger partial charge in [-0.2, -0.15) is 5.26 Å². The number of hydroxylamine groups is 1. The molecule has 1 aliphatic carbocycles. The van der Waals surface area contributed by atoms with Crippen LogP contribution in [0.2, 0.25) is 0 Å². The number of nitrogens with one attached hydrogen (secondary N) is 2. The monoisotopic (exact) mass is 396 g/mol. The summed E-state index contributed by atoms with van der Waals surface area (Å²) < 4.78 is 0. The average Bonchev–Trinajstić information content (AvgIpc) is 3.51. The molecule has 0 unspecified atom stereocenters. The molecule has 4 rings (SSSR count). The minimum atomic E-state index is -0.568. The summed E-state index contributed by atoms with van der Waals surface area (Å²) in [5.41, 5.74) is 4.80. The highest BCUT2D eigenvalue weighted by Crippen LogP contribution is 2.52. The van der Waals surface area contributed by atoms with Gasteiger partial charge in [0.05, 0.1) is 23.6 Å². The first-order valence-corrected chi connectivity index (χ1v) is 10.4. The van der Waals surface area contributed by atoms with Crippen molar-refractivity contribution in [3.05, 3.63) is 34.9 Å². The topological polar surface area (TPSA) is 105 Å². The molecule has 0 aromatic heterocycles. The van der Waals surface area contributed by atoms with E-state index in [0.717, 1.165) is 37.8 Å². The summed E-state index contributed by atoms with van der Waals surface area (Å²) in [6.07, 6.45) is 4.54. The lowest BCUT2D eigenvalue weighted by Gasteiger charge is -2.40. The van der Waals surface area contributed by atoms with Gasteiger partial charge >= 0.3 is 0 Å². The Bertz CT molecular complexity index is 850. The van der Waals surface area contributed by atoms with Crippen molar-refractivity contribution in [2.45, 2.75) is 51.0 Å². The van der Waals surface area contributed by atoms with Gasteiger partial charge in [-0.3, -0.25) is 14.8 Å². The van der Waals surface area contributed by atoms with Crippen molar-refractivity contribution in [3.63, 3.8) is 0 Å². The Morgan fingerprint density at radius 1 is 1.31 bits per heavy atom. The van der Waals surface area contributed by atoms with E-state index in [0.29, 0.717) is 31.0 Å². The average molecular weight is 396 g/mol. The van der Waals surface area contributed by atoms with Crippen molar-refractivity contribution >= 4 is 11.8 Å². The molecule has 1 spiro atoms. The molecule has 2 heterocycles. The molecule has 29 heavy (non-hydrogen) atoms. The number of piperidine rings is 2. The van der Waals surface area contributed by atoms with Crippen molar-refractivity contribution in [3.8, 4) is 6.07 Å². The highest BCUT2D eigenvalue weighted by Gasteiger charge is 2.52. The molecule has 7 nitrogen and oxygen atoms in total. The highest BCUT2D eigenvalue weighted by molar-refractivity contribution is 5.90. The van der Waals surface area contributed by atoms with Crippen LogP contribution >= 0.6 is 0 Å². The van der Waals surface area contributed by atoms with E-state index in [1.807, 2.05) is 24.0 Å². The second-order valence-electron chi connectivity index (χ2n) is 8.93. The Morgan fingerprint density at radius 3 is 2.62 bits per heavy atom. The Morgan fingerprint density at radius 2 is 2.03 bits per heavy atom. The van der Waals surface area contributed by atoms with Gasteiger partial charge in [0.15, 0.2) is 0 Å². The van der Waals surface area contributed by atoms with Gasteiger partial charge in [-0.1, -0.05) is 12.1 Å². The highest BCUT2D eigenvalue weighted by atomic mass is 16.5. The number of carbonyl (C=O) groups is 2. The van der Waals surface area contributed by atoms with Gasteiger partial charge in [0.25, 0.3) is 0 Å². The van der Waals surface area contributed by atoms with Crippen molar-refractivity contribution in [1.82, 2.24) is 15.7 Å². The first kappa shape index (κ1) is 19.9. The molecule has 0 radical (unpaired) electrons. The molecule has 7 heteroatoms. The number of nitrogens with zero attached hydrogens (tertiary/aromatic N) is 2. The second-order valence-corrected chi connectivity index (χ2v) is 8.93. The van der Waals surface area contributed by atoms with Crippen LogP contribution in [-0.4, -0.2) is 47.6 Å². The number of aryl methyl sites for hydroxylation is 1. The number of hydrogen-bond donors (Lipinski definition) is 3. The zero-order valence-corrected chi connectivity index (χ0v) is 16.8. The SMILES string of the molecule is Cc1cc(C2CCN(C(=O)[C@H]3NCC4(CC4)C[C@@H]3C(=O)NO)CC2)ccc1C#N. The van der Waals surface area contributed by atoms with Crippen LogP contribution in [0.4, 0.5) is 0 Å². The second kappa shape index (κ2) is 7.77. The Kier molecular flexibility index (Phi) is 5.32. The Hall–Kier alpha value is -2.43. The summed E-state index contributed by atoms with van der Waals surface area (Å²) in [5, 5.41) is 21.5. The molecule has 2 atom stereocenters. The number of likely N-dealkylation sites (tertiary alicyclic amines) is 1. The molecular formula is C22H28N4O3. The lowest BCUT2D eigenvalue weighted by atomic mass is 9.81. The predicted molar refractivity (Wildman–Crippen MR) is 106 cm³/mol. The van der Waals surface area contributed by atoms with Crippen molar-refractivity contribution in [1.29, 1.82) is 5.26 Å². The first-order chi connectivity index (χ1) is 14.0. The number of nitriles is 1. The molecule has 3 fully saturated rings. The van der Waals surface area contributed by atoms with E-state index in [-0.39, 0.29) is 11.3 Å². The van der Waals surface area contributed by atoms with Gasteiger partial charge in [-0.05, 0) is 67.6 Å². The molecule has 154 valence electrons. The van der Waals surface area contributed by atoms with E-state index < -0.39 is 17.9 Å². The van der Waals surface area contributed by atoms with Crippen LogP contribution in [0.5, 0.6) is 0 Å². The lowest BCUT2D eigenvalue weighted by molar-refractivity contribution is -0.145. The van der Waals surface area contributed by atoms with E-state index in [2.05, 4.69) is 17.5 Å². The number of hydrogen-bond acceptors (Lipinski definition) is 5. The van der Waals surface area contributed by atoms with Gasteiger partial charge in [-0.15, -0.1) is 0 Å². The Labute approximate surface area is 171 Å². The molecule has 1 aromatic carbocycles. The van der Waals surface area contributed by atoms with Crippen molar-refractivity contribution in [2.75, 3.05) is 19.6 Å². The Balaban J connectivity index is 1.40. The third-order valence-electron chi connectivity index (χ3n) is 7.07. The maximum absolute atomic E-state index is 13.2. The number of rotatable bonds is 3. The standard InChI is InChI=1S/C22H28N4O3/c1-14-10-16(2-3-17(14)12-23)15-4-8-26(9-5-15)21(28)19-18(20(27)25-29)11-22(6-7-22)13-24-19/h2-3,10,15,18-19,24,29H,4-9,11,13H2,1H3,(H,25,27)/t18-,19-/m0/s1. The smallest absolute Gasteiger partial charge is 0.248 e. The maximum atomic E-state index is 13.2. The van der Waals surface area contributed by atoms with Crippen LogP contribution in [0.25, 0.3) is 0 Å². The van der Waals surface area contributed by atoms with Gasteiger partial charge < -0.3 is 10.2 Å². The molecule has 2 aliphatic heterocycles. The normalized spacial score (nSPS) is 26.0. The molecule has 1 saturated carbocycles. The molecule has 2 saturated heterocycles. The molecule has 3 aliphatic rings. The van der Waals surface area contributed by atoms with E-state index >= 15 is 0 Å². The fourth-order valence-electron chi connectivity index (χ4n) is 4.97. The van der Waals surface area contributed by atoms with Crippen LogP contribution in [-0.2, 0) is 9.59 Å². The first-order valence-electron chi connectivity index (χ1n) is 10.4. The van der Waals surface area contributed by atoms with Gasteiger partial charge in [0.1, 0.15) is 0 Å². The van der Waals surface area contributed by atoms with Crippen LogP contribution < -0.4 is 10.8 Å². The van der Waals surface area contributed by atoms with Gasteiger partial charge in [0, 0.05) is 19.6 Å². The van der Waals surface area contributed by atoms with E-state index in [1.165, 1.54) is 5.56 Å². The fraction of sp³-hybridized carbons (Fsp3) is 0.591. The number of benzene rings is 1. The van der Waals surface area contributed by atoms with Crippen molar-refractivity contribution in [2.24, 2.45) is 11.3 Å². The summed E-state index contributed by atoms with van der Waals surface area (Å²) in [5.74, 6) is -0.660. The van der Waals surface area contributed by atoms with E-state index in [4.69, 9.17) is 10.5 Å². The lowest BCUT2D eigenvalue weighted by Crippen LogP contribution is -2.59. The van der Waals surface area contributed by atoms with Crippen molar-refractivity contribution < 1.29 is 14.8 Å². The van der Waals surface area contributed by atoms with Crippen LogP contribution in [0.1, 0.15) is 54.7 Å². The maximum Gasteiger partial charge on any atom is 0.248 e. The minimum absolute atomic E-state index is 0.0384. The van der Waals surface area contributed by atoms with Gasteiger partial charge in [-0.25, -0.2) is 5.48 Å². The zero-order valence-electron chi connectivity index (χ0n) is 16.8. The summed E-state index contributed by atoms with van der Waals surface area (Å²) in [6, 6.07) is 7.61. The third kappa shape index (κ3) is 3.87. The fourth-order valence-corrected chi connectivity index (χ4v) is 4.97. The largest absolute Gasteiger partial charge is 0.341 e. The quantitative estimate of drug-likeness (QED) is 0.534. The van der Waals surface area contributed by atoms with Crippen LogP contribution in [0.3, 0.4) is 0 Å². The van der Waals surface area contributed by atoms with Gasteiger partial charge in [0.2, 0.25) is 11.8 Å². The number of carbonyl (C=O) groups excluding carboxylic acids is 2. The van der Waals surface area contributed by atoms with E-state index in [9.17, 15) is 9.59 Å². The molecular weight excluding hydrogens is 368 g/mol. The molecule has 2 amide bonds. The summed E-state index contributed by atoms with van der Waals surface area (Å²) in [4.78, 5) is 27.2. The van der Waals surface area contributed by atoms with Crippen LogP contribution in [0.15, 0.2) is 18.2 Å². The molecule has 3 N–H and O–H groups in total. The summed E-state index contributed by atoms with van der Waals surface area (Å²) in [7, 11) is 0. The zero-order chi connectivity index (χ0) is 20.6. The molecule has 0 bridgehead atoms. The summed E-state index contributed by atoms with van der Waals surface area (Å²) in [6.45, 7) is 4.02. The minimum Gasteiger partial charge on any atom is -0.341 e. The van der Waals surface area contributed by atoms with Crippen LogP contribution in [0, 0.1) is 29.6 Å². The molecule has 1 aromatic rings.